The third-order valence-corrected chi connectivity index (χ3v) is 3.46. The predicted octanol–water partition coefficient (Wildman–Crippen LogP) is 2.95. The van der Waals surface area contributed by atoms with Crippen LogP contribution >= 0.6 is 12.2 Å². The third-order valence-electron chi connectivity index (χ3n) is 3.24. The van der Waals surface area contributed by atoms with Gasteiger partial charge in [0.15, 0.2) is 5.11 Å². The molecule has 0 heterocycles. The average Bonchev–Trinajstić information content (AvgIpc) is 2.56. The number of rotatable bonds is 6. The van der Waals surface area contributed by atoms with Crippen molar-refractivity contribution in [3.63, 3.8) is 0 Å². The van der Waals surface area contributed by atoms with Gasteiger partial charge in [-0.25, -0.2) is 9.59 Å². The molecule has 8 heteroatoms. The van der Waals surface area contributed by atoms with Crippen LogP contribution in [0.3, 0.4) is 0 Å². The number of esters is 1. The van der Waals surface area contributed by atoms with E-state index in [2.05, 4.69) is 10.6 Å². The maximum absolute atomic E-state index is 11.8. The Hall–Kier alpha value is -2.19. The van der Waals surface area contributed by atoms with Gasteiger partial charge in [-0.15, -0.1) is 0 Å². The first-order chi connectivity index (χ1) is 12.2. The summed E-state index contributed by atoms with van der Waals surface area (Å²) in [5.74, 6) is -0.424. The number of amides is 1. The Morgan fingerprint density at radius 2 is 1.92 bits per heavy atom. The highest BCUT2D eigenvalue weighted by molar-refractivity contribution is 7.80. The maximum atomic E-state index is 11.8. The van der Waals surface area contributed by atoms with Gasteiger partial charge >= 0.3 is 12.1 Å². The average molecular weight is 382 g/mol. The van der Waals surface area contributed by atoms with Crippen LogP contribution in [0.4, 0.5) is 4.79 Å². The van der Waals surface area contributed by atoms with Crippen LogP contribution in [0.2, 0.25) is 0 Å². The molecular formula is C18H26N2O5S. The van der Waals surface area contributed by atoms with Crippen molar-refractivity contribution in [2.24, 2.45) is 0 Å². The van der Waals surface area contributed by atoms with Crippen molar-refractivity contribution in [3.05, 3.63) is 35.4 Å². The number of carbonyl (C=O) groups is 2. The SMILES string of the molecule is COCC[C@@H](NC(=S)NC(=O)OC(C)(C)C)c1cccc(C(=O)OC)c1. The van der Waals surface area contributed by atoms with Crippen LogP contribution in [-0.2, 0) is 14.2 Å². The fourth-order valence-corrected chi connectivity index (χ4v) is 2.37. The molecule has 0 aliphatic rings. The number of ether oxygens (including phenoxy) is 3. The lowest BCUT2D eigenvalue weighted by molar-refractivity contribution is 0.0560. The van der Waals surface area contributed by atoms with Crippen molar-refractivity contribution in [3.8, 4) is 0 Å². The molecule has 0 saturated carbocycles. The number of thiocarbonyl (C=S) groups is 1. The summed E-state index contributed by atoms with van der Waals surface area (Å²) >= 11 is 5.20. The number of carbonyl (C=O) groups excluding carboxylic acids is 2. The van der Waals surface area contributed by atoms with Gasteiger partial charge < -0.3 is 19.5 Å². The van der Waals surface area contributed by atoms with E-state index in [0.29, 0.717) is 18.6 Å². The Bertz CT molecular complexity index is 643. The molecule has 0 aromatic heterocycles. The van der Waals surface area contributed by atoms with Crippen LogP contribution in [0.25, 0.3) is 0 Å². The highest BCUT2D eigenvalue weighted by Gasteiger charge is 2.19. The highest BCUT2D eigenvalue weighted by Crippen LogP contribution is 2.19. The normalized spacial score (nSPS) is 12.0. The second-order valence-electron chi connectivity index (χ2n) is 6.55. The lowest BCUT2D eigenvalue weighted by atomic mass is 10.0. The number of alkyl carbamates (subject to hydrolysis) is 1. The van der Waals surface area contributed by atoms with Crippen molar-refractivity contribution in [1.82, 2.24) is 10.6 Å². The van der Waals surface area contributed by atoms with Crippen molar-refractivity contribution < 1.29 is 23.8 Å². The molecule has 2 N–H and O–H groups in total. The number of nitrogens with one attached hydrogen (secondary N) is 2. The minimum Gasteiger partial charge on any atom is -0.465 e. The molecule has 1 aromatic rings. The van der Waals surface area contributed by atoms with Crippen LogP contribution in [0, 0.1) is 0 Å². The lowest BCUT2D eigenvalue weighted by Crippen LogP contribution is -2.43. The largest absolute Gasteiger partial charge is 0.465 e. The summed E-state index contributed by atoms with van der Waals surface area (Å²) < 4.78 is 15.1. The Morgan fingerprint density at radius 3 is 2.50 bits per heavy atom. The van der Waals surface area contributed by atoms with Gasteiger partial charge in [-0.05, 0) is 57.1 Å². The first-order valence-electron chi connectivity index (χ1n) is 8.14. The lowest BCUT2D eigenvalue weighted by Gasteiger charge is -2.23. The summed E-state index contributed by atoms with van der Waals surface area (Å²) in [4.78, 5) is 23.6. The number of methoxy groups -OCH3 is 2. The van der Waals surface area contributed by atoms with E-state index in [9.17, 15) is 9.59 Å². The molecule has 0 radical (unpaired) electrons. The van der Waals surface area contributed by atoms with Gasteiger partial charge in [0.05, 0.1) is 18.7 Å². The van der Waals surface area contributed by atoms with Gasteiger partial charge in [-0.1, -0.05) is 12.1 Å². The van der Waals surface area contributed by atoms with Crippen molar-refractivity contribution in [1.29, 1.82) is 0 Å². The molecule has 1 aromatic carbocycles. The number of hydrogen-bond acceptors (Lipinski definition) is 6. The van der Waals surface area contributed by atoms with E-state index in [4.69, 9.17) is 26.4 Å². The zero-order chi connectivity index (χ0) is 19.7. The summed E-state index contributed by atoms with van der Waals surface area (Å²) in [7, 11) is 2.93. The minimum atomic E-state index is -0.635. The summed E-state index contributed by atoms with van der Waals surface area (Å²) in [6.45, 7) is 5.77. The first-order valence-corrected chi connectivity index (χ1v) is 8.55. The summed E-state index contributed by atoms with van der Waals surface area (Å²) in [6, 6.07) is 6.74. The van der Waals surface area contributed by atoms with Gasteiger partial charge in [-0.2, -0.15) is 0 Å². The summed E-state index contributed by atoms with van der Waals surface area (Å²) in [6.07, 6.45) is -0.0547. The number of hydrogen-bond donors (Lipinski definition) is 2. The molecule has 1 amide bonds. The molecule has 0 aliphatic heterocycles. The Balaban J connectivity index is 2.85. The van der Waals surface area contributed by atoms with Gasteiger partial charge in [0, 0.05) is 13.7 Å². The van der Waals surface area contributed by atoms with Crippen LogP contribution < -0.4 is 10.6 Å². The van der Waals surface area contributed by atoms with E-state index in [1.165, 1.54) is 7.11 Å². The molecule has 144 valence electrons. The Labute approximate surface area is 159 Å². The molecule has 0 unspecified atom stereocenters. The van der Waals surface area contributed by atoms with Gasteiger partial charge in [0.2, 0.25) is 0 Å². The van der Waals surface area contributed by atoms with E-state index in [0.717, 1.165) is 5.56 Å². The molecule has 26 heavy (non-hydrogen) atoms. The van der Waals surface area contributed by atoms with E-state index in [1.54, 1.807) is 46.1 Å². The van der Waals surface area contributed by atoms with E-state index in [1.807, 2.05) is 6.07 Å². The molecule has 1 atom stereocenters. The van der Waals surface area contributed by atoms with Gasteiger partial charge in [0.1, 0.15) is 5.60 Å². The Kier molecular flexibility index (Phi) is 8.47. The zero-order valence-electron chi connectivity index (χ0n) is 15.8. The molecular weight excluding hydrogens is 356 g/mol. The fraction of sp³-hybridized carbons (Fsp3) is 0.500. The number of benzene rings is 1. The predicted molar refractivity (Wildman–Crippen MR) is 102 cm³/mol. The Morgan fingerprint density at radius 1 is 1.23 bits per heavy atom. The molecule has 0 bridgehead atoms. The standard InChI is InChI=1S/C18H26N2O5S/c1-18(2,3)25-17(22)20-16(26)19-14(9-10-23-4)12-7-6-8-13(11-12)15(21)24-5/h6-8,11,14H,9-10H2,1-5H3,(H2,19,20,22,26)/t14-/m1/s1. The van der Waals surface area contributed by atoms with E-state index in [-0.39, 0.29) is 11.2 Å². The molecule has 0 spiro atoms. The maximum Gasteiger partial charge on any atom is 0.413 e. The molecule has 0 fully saturated rings. The summed E-state index contributed by atoms with van der Waals surface area (Å²) in [5, 5.41) is 5.67. The van der Waals surface area contributed by atoms with E-state index >= 15 is 0 Å². The van der Waals surface area contributed by atoms with Crippen molar-refractivity contribution >= 4 is 29.4 Å². The minimum absolute atomic E-state index is 0.129. The fourth-order valence-electron chi connectivity index (χ4n) is 2.15. The van der Waals surface area contributed by atoms with Gasteiger partial charge in [-0.3, -0.25) is 5.32 Å². The molecule has 0 saturated heterocycles. The molecule has 1 rings (SSSR count). The second-order valence-corrected chi connectivity index (χ2v) is 6.96. The summed E-state index contributed by atoms with van der Waals surface area (Å²) in [5.41, 5.74) is 0.628. The van der Waals surface area contributed by atoms with Gasteiger partial charge in [0.25, 0.3) is 0 Å². The highest BCUT2D eigenvalue weighted by atomic mass is 32.1. The van der Waals surface area contributed by atoms with Crippen LogP contribution in [0.1, 0.15) is 49.2 Å². The quantitative estimate of drug-likeness (QED) is 0.578. The topological polar surface area (TPSA) is 85.9 Å². The third kappa shape index (κ3) is 7.79. The smallest absolute Gasteiger partial charge is 0.413 e. The first kappa shape index (κ1) is 21.9. The van der Waals surface area contributed by atoms with Crippen molar-refractivity contribution in [2.75, 3.05) is 20.8 Å². The monoisotopic (exact) mass is 382 g/mol. The molecule has 0 aliphatic carbocycles. The van der Waals surface area contributed by atoms with Crippen LogP contribution in [0.15, 0.2) is 24.3 Å². The second kappa shape index (κ2) is 10.1. The van der Waals surface area contributed by atoms with Crippen LogP contribution in [-0.4, -0.2) is 43.6 Å². The van der Waals surface area contributed by atoms with E-state index < -0.39 is 17.7 Å². The van der Waals surface area contributed by atoms with Crippen LogP contribution in [0.5, 0.6) is 0 Å². The molecule has 7 nitrogen and oxygen atoms in total. The zero-order valence-corrected chi connectivity index (χ0v) is 16.6. The van der Waals surface area contributed by atoms with Crippen molar-refractivity contribution in [2.45, 2.75) is 38.8 Å².